The Bertz CT molecular complexity index is 867. The van der Waals surface area contributed by atoms with Crippen LogP contribution in [0.15, 0.2) is 18.2 Å². The minimum atomic E-state index is -3.07. The van der Waals surface area contributed by atoms with Crippen molar-refractivity contribution in [2.75, 3.05) is 0 Å². The van der Waals surface area contributed by atoms with Gasteiger partial charge >= 0.3 is 5.97 Å². The molecule has 0 aliphatic carbocycles. The number of fused-ring (bicyclic) bond motifs is 1. The fraction of sp³-hybridized carbons (Fsp3) is 0.500. The summed E-state index contributed by atoms with van der Waals surface area (Å²) < 4.78 is 60.8. The van der Waals surface area contributed by atoms with Gasteiger partial charge in [0.1, 0.15) is 17.1 Å². The molecule has 0 fully saturated rings. The molecule has 0 saturated heterocycles. The first-order valence-corrected chi connectivity index (χ1v) is 7.29. The van der Waals surface area contributed by atoms with E-state index >= 15 is 0 Å². The lowest BCUT2D eigenvalue weighted by molar-refractivity contribution is 0.0307. The maximum atomic E-state index is 12.6. The third kappa shape index (κ3) is 4.99. The number of phenols is 2. The second kappa shape index (κ2) is 8.02. The molecule has 126 valence electrons. The Hall–Kier alpha value is -2.01. The predicted octanol–water partition coefficient (Wildman–Crippen LogP) is 3.37. The summed E-state index contributed by atoms with van der Waals surface area (Å²) in [6.45, 7) is 1.41. The summed E-state index contributed by atoms with van der Waals surface area (Å²) in [7, 11) is 0. The molecular weight excluding hydrogens is 296 g/mol. The van der Waals surface area contributed by atoms with Gasteiger partial charge < -0.3 is 20.1 Å². The van der Waals surface area contributed by atoms with Gasteiger partial charge in [-0.25, -0.2) is 4.79 Å². The molecule has 1 aliphatic rings. The van der Waals surface area contributed by atoms with Crippen molar-refractivity contribution in [1.29, 1.82) is 0 Å². The molecule has 0 unspecified atom stereocenters. The Balaban J connectivity index is 2.59. The largest absolute Gasteiger partial charge is 0.508 e. The van der Waals surface area contributed by atoms with Gasteiger partial charge in [-0.05, 0) is 57.0 Å². The quantitative estimate of drug-likeness (QED) is 0.636. The van der Waals surface area contributed by atoms with Crippen molar-refractivity contribution < 1.29 is 34.4 Å². The van der Waals surface area contributed by atoms with E-state index in [1.165, 1.54) is 19.1 Å². The van der Waals surface area contributed by atoms with Crippen LogP contribution in [0.4, 0.5) is 0 Å². The first-order valence-electron chi connectivity index (χ1n) is 10.8. The van der Waals surface area contributed by atoms with Crippen LogP contribution in [-0.4, -0.2) is 33.5 Å². The highest BCUT2D eigenvalue weighted by Crippen LogP contribution is 2.30. The Morgan fingerprint density at radius 2 is 2.09 bits per heavy atom. The van der Waals surface area contributed by atoms with Gasteiger partial charge in [0.25, 0.3) is 0 Å². The minimum Gasteiger partial charge on any atom is -0.508 e. The maximum Gasteiger partial charge on any atom is 0.342 e. The lowest BCUT2D eigenvalue weighted by Gasteiger charge is -2.17. The normalized spacial score (nSPS) is 37.0. The summed E-state index contributed by atoms with van der Waals surface area (Å²) in [6, 6.07) is -1.41. The van der Waals surface area contributed by atoms with E-state index in [0.29, 0.717) is 0 Å². The van der Waals surface area contributed by atoms with E-state index < -0.39 is 72.9 Å². The molecule has 5 heteroatoms. The van der Waals surface area contributed by atoms with E-state index in [1.54, 1.807) is 0 Å². The minimum absolute atomic E-state index is 0.112. The van der Waals surface area contributed by atoms with Gasteiger partial charge in [-0.2, -0.15) is 0 Å². The molecule has 0 saturated carbocycles. The lowest BCUT2D eigenvalue weighted by Crippen LogP contribution is -2.17. The van der Waals surface area contributed by atoms with Crippen LogP contribution in [0.2, 0.25) is 0 Å². The monoisotopic (exact) mass is 327 g/mol. The number of phenolic OH excluding ortho intramolecular Hbond substituents is 2. The van der Waals surface area contributed by atoms with Crippen LogP contribution in [0.5, 0.6) is 11.5 Å². The standard InChI is InChI=1S/C18H24O5/c1-12-6-5-9-14(19)8-4-2-3-7-13-10-15(20)11-16(21)17(13)18(22)23-12/h3,7,10-12,14,19-21H,2,4-6,8-9H2,1H3/b7-3+/t12-,14-/m0/s1/i8D2,9D2,10D,11D,14D. The van der Waals surface area contributed by atoms with E-state index in [2.05, 4.69) is 0 Å². The number of rotatable bonds is 0. The molecule has 0 radical (unpaired) electrons. The van der Waals surface area contributed by atoms with Crippen molar-refractivity contribution in [2.45, 2.75) is 57.5 Å². The highest BCUT2D eigenvalue weighted by molar-refractivity contribution is 5.97. The third-order valence-electron chi connectivity index (χ3n) is 3.24. The summed E-state index contributed by atoms with van der Waals surface area (Å²) in [6.07, 6.45) is -8.05. The number of ether oxygens (including phenoxy) is 1. The van der Waals surface area contributed by atoms with Gasteiger partial charge in [0.05, 0.1) is 16.3 Å². The Labute approximate surface area is 146 Å². The van der Waals surface area contributed by atoms with Crippen LogP contribution in [0.1, 0.15) is 70.9 Å². The summed E-state index contributed by atoms with van der Waals surface area (Å²) in [5.74, 6) is -2.81. The molecule has 0 spiro atoms. The van der Waals surface area contributed by atoms with Crippen LogP contribution in [0.25, 0.3) is 6.08 Å². The van der Waals surface area contributed by atoms with Crippen LogP contribution in [0.3, 0.4) is 0 Å². The molecule has 0 aromatic heterocycles. The number of carbonyl (C=O) groups excluding carboxylic acids is 1. The van der Waals surface area contributed by atoms with Crippen LogP contribution in [-0.2, 0) is 4.74 Å². The summed E-state index contributed by atoms with van der Waals surface area (Å²) in [5.41, 5.74) is -0.738. The van der Waals surface area contributed by atoms with Crippen molar-refractivity contribution in [3.05, 3.63) is 29.3 Å². The number of aliphatic hydroxyl groups is 1. The molecule has 1 heterocycles. The fourth-order valence-electron chi connectivity index (χ4n) is 2.09. The number of carbonyl (C=O) groups is 1. The topological polar surface area (TPSA) is 87.0 Å². The Morgan fingerprint density at radius 3 is 2.87 bits per heavy atom. The fourth-order valence-corrected chi connectivity index (χ4v) is 2.09. The van der Waals surface area contributed by atoms with Crippen molar-refractivity contribution in [2.24, 2.45) is 0 Å². The number of cyclic esters (lactones) is 1. The molecule has 1 aromatic carbocycles. The zero-order valence-corrected chi connectivity index (χ0v) is 12.7. The number of aromatic hydroxyl groups is 2. The molecular formula is C18H24O5. The van der Waals surface area contributed by atoms with Crippen molar-refractivity contribution in [3.63, 3.8) is 0 Å². The number of hydrogen-bond donors (Lipinski definition) is 3. The first kappa shape index (κ1) is 9.98. The van der Waals surface area contributed by atoms with Crippen molar-refractivity contribution in [1.82, 2.24) is 0 Å². The smallest absolute Gasteiger partial charge is 0.342 e. The molecule has 1 aromatic rings. The second-order valence-electron chi connectivity index (χ2n) is 5.13. The van der Waals surface area contributed by atoms with Gasteiger partial charge in [-0.1, -0.05) is 12.2 Å². The van der Waals surface area contributed by atoms with Gasteiger partial charge in [-0.3, -0.25) is 0 Å². The number of esters is 1. The summed E-state index contributed by atoms with van der Waals surface area (Å²) in [4.78, 5) is 12.6. The van der Waals surface area contributed by atoms with E-state index in [-0.39, 0.29) is 18.4 Å². The van der Waals surface area contributed by atoms with E-state index in [4.69, 9.17) is 14.3 Å². The molecule has 3 N–H and O–H groups in total. The number of hydrogen-bond acceptors (Lipinski definition) is 5. The Kier molecular flexibility index (Phi) is 3.48. The van der Waals surface area contributed by atoms with Crippen molar-refractivity contribution in [3.8, 4) is 11.5 Å². The van der Waals surface area contributed by atoms with Gasteiger partial charge in [0, 0.05) is 11.5 Å². The molecule has 1 aliphatic heterocycles. The van der Waals surface area contributed by atoms with Crippen LogP contribution < -0.4 is 0 Å². The van der Waals surface area contributed by atoms with Crippen LogP contribution >= 0.6 is 0 Å². The molecule has 0 amide bonds. The number of benzene rings is 1. The maximum absolute atomic E-state index is 12.6. The van der Waals surface area contributed by atoms with Crippen molar-refractivity contribution >= 4 is 12.0 Å². The first-order chi connectivity index (χ1) is 13.6. The average Bonchev–Trinajstić information content (AvgIpc) is 2.64. The Morgan fingerprint density at radius 1 is 1.35 bits per heavy atom. The molecule has 0 bridgehead atoms. The number of allylic oxidation sites excluding steroid dienone is 1. The summed E-state index contributed by atoms with van der Waals surface area (Å²) in [5, 5.41) is 30.4. The zero-order chi connectivity index (χ0) is 23.1. The molecule has 23 heavy (non-hydrogen) atoms. The highest BCUT2D eigenvalue weighted by Gasteiger charge is 2.20. The highest BCUT2D eigenvalue weighted by atomic mass is 16.5. The van der Waals surface area contributed by atoms with E-state index in [1.807, 2.05) is 0 Å². The second-order valence-corrected chi connectivity index (χ2v) is 5.13. The van der Waals surface area contributed by atoms with E-state index in [9.17, 15) is 20.1 Å². The average molecular weight is 327 g/mol. The van der Waals surface area contributed by atoms with Gasteiger partial charge in [0.2, 0.25) is 0 Å². The summed E-state index contributed by atoms with van der Waals surface area (Å²) >= 11 is 0. The third-order valence-corrected chi connectivity index (χ3v) is 3.24. The lowest BCUT2D eigenvalue weighted by atomic mass is 10.0. The van der Waals surface area contributed by atoms with Crippen LogP contribution in [0, 0.1) is 0 Å². The van der Waals surface area contributed by atoms with Gasteiger partial charge in [-0.15, -0.1) is 0 Å². The van der Waals surface area contributed by atoms with Gasteiger partial charge in [0.15, 0.2) is 0 Å². The molecule has 2 rings (SSSR count). The molecule has 5 nitrogen and oxygen atoms in total. The SMILES string of the molecule is [2H]c1c(O)c([2H])c2c(c1O)C(=O)O[C@@H](C)CCC([2H])([2H])[C@@]([2H])(O)C([2H])([2H])CC/C=C/2. The van der Waals surface area contributed by atoms with E-state index in [0.717, 1.165) is 0 Å². The zero-order valence-electron chi connectivity index (χ0n) is 19.7. The molecule has 2 atom stereocenters. The predicted molar refractivity (Wildman–Crippen MR) is 87.4 cm³/mol.